The minimum Gasteiger partial charge on any atom is -0.462 e. The van der Waals surface area contributed by atoms with Crippen molar-refractivity contribution in [2.75, 3.05) is 19.0 Å². The third kappa shape index (κ3) is 38.6. The van der Waals surface area contributed by atoms with E-state index in [9.17, 15) is 37.9 Å². The summed E-state index contributed by atoms with van der Waals surface area (Å²) >= 11 is 0. The van der Waals surface area contributed by atoms with Crippen molar-refractivity contribution >= 4 is 22.1 Å². The van der Waals surface area contributed by atoms with Crippen molar-refractivity contribution in [1.29, 1.82) is 0 Å². The first-order valence-electron chi connectivity index (χ1n) is 27.5. The van der Waals surface area contributed by atoms with Crippen molar-refractivity contribution in [3.8, 4) is 0 Å². The number of aliphatic hydroxyl groups is 3. The lowest BCUT2D eigenvalue weighted by Gasteiger charge is -2.40. The number of carbonyl (C=O) groups excluding carboxylic acids is 2. The molecular weight excluding hydrogens is 885 g/mol. The van der Waals surface area contributed by atoms with Crippen LogP contribution in [0.4, 0.5) is 0 Å². The highest BCUT2D eigenvalue weighted by Crippen LogP contribution is 2.24. The molecule has 0 aromatic heterocycles. The lowest BCUT2D eigenvalue weighted by atomic mass is 10.00. The fourth-order valence-corrected chi connectivity index (χ4v) is 9.12. The van der Waals surface area contributed by atoms with E-state index in [4.69, 9.17) is 18.9 Å². The van der Waals surface area contributed by atoms with E-state index in [0.29, 0.717) is 25.7 Å². The summed E-state index contributed by atoms with van der Waals surface area (Å²) in [4.78, 5) is 25.5. The van der Waals surface area contributed by atoms with Crippen LogP contribution in [-0.2, 0) is 38.7 Å². The Morgan fingerprint density at radius 1 is 0.500 bits per heavy atom. The number of rotatable bonds is 47. The van der Waals surface area contributed by atoms with E-state index in [2.05, 4.69) is 44.2 Å². The molecule has 13 heteroatoms. The molecule has 0 bridgehead atoms. The van der Waals surface area contributed by atoms with Gasteiger partial charge in [-0.15, -0.1) is 0 Å². The Morgan fingerprint density at radius 3 is 1.31 bits per heavy atom. The van der Waals surface area contributed by atoms with Gasteiger partial charge in [-0.1, -0.05) is 211 Å². The monoisotopic (exact) mass is 985 g/mol. The van der Waals surface area contributed by atoms with Crippen molar-refractivity contribution in [2.24, 2.45) is 0 Å². The number of allylic oxidation sites excluding steroid dienone is 6. The SMILES string of the molecule is CCCCCCCCCCC/C=C/C/C=C/CCCC(=O)OC[C@H](CO[C@H]1O[C@H](CS(=O)(=O)O)[C@@H](O)C(O)C1O)OC(=O)CCC/C=C/CCCCCCCCCCCCCCCCCCCC. The highest BCUT2D eigenvalue weighted by Gasteiger charge is 2.46. The summed E-state index contributed by atoms with van der Waals surface area (Å²) in [6, 6.07) is 0. The summed E-state index contributed by atoms with van der Waals surface area (Å²) in [5, 5.41) is 31.0. The topological polar surface area (TPSA) is 186 Å². The molecule has 1 heterocycles. The van der Waals surface area contributed by atoms with Crippen LogP contribution in [0.25, 0.3) is 0 Å². The largest absolute Gasteiger partial charge is 0.462 e. The Bertz CT molecular complexity index is 1380. The van der Waals surface area contributed by atoms with Crippen molar-refractivity contribution in [3.63, 3.8) is 0 Å². The Kier molecular flexibility index (Phi) is 42.1. The Labute approximate surface area is 414 Å². The van der Waals surface area contributed by atoms with Crippen LogP contribution in [0.2, 0.25) is 0 Å². The second-order valence-corrected chi connectivity index (χ2v) is 20.7. The Balaban J connectivity index is 2.37. The zero-order valence-electron chi connectivity index (χ0n) is 43.0. The molecule has 1 rings (SSSR count). The minimum absolute atomic E-state index is 0.110. The Hall–Kier alpha value is -2.13. The first-order chi connectivity index (χ1) is 33.0. The van der Waals surface area contributed by atoms with E-state index in [0.717, 1.165) is 25.7 Å². The molecule has 0 aromatic rings. The molecule has 12 nitrogen and oxygen atoms in total. The molecular formula is C55H100O12S. The summed E-state index contributed by atoms with van der Waals surface area (Å²) in [7, 11) is -4.61. The quantitative estimate of drug-likeness (QED) is 0.0196. The first-order valence-corrected chi connectivity index (χ1v) is 29.2. The standard InChI is InChI=1S/C55H100O12S/c1-3-5-7-9-11-13-15-17-19-21-22-23-24-25-26-28-30-32-34-36-38-40-42-44-51(57)66-48(46-65-55-54(60)53(59)52(58)49(67-55)47-68(61,62)63)45-64-50(56)43-41-39-37-35-33-31-29-27-20-18-16-14-12-10-8-6-4-2/h29,31,35-38,48-49,52-55,58-60H,3-28,30,32-34,39-47H2,1-2H3,(H,61,62,63)/b31-29+,37-35+,38-36+/t48-,49-,52-,53?,54?,55+/m1/s1. The molecule has 6 atom stereocenters. The molecule has 0 aromatic carbocycles. The molecule has 0 spiro atoms. The van der Waals surface area contributed by atoms with E-state index in [1.807, 2.05) is 6.08 Å². The average molecular weight is 985 g/mol. The summed E-state index contributed by atoms with van der Waals surface area (Å²) in [6.07, 6.45) is 45.0. The third-order valence-electron chi connectivity index (χ3n) is 12.7. The predicted octanol–water partition coefficient (Wildman–Crippen LogP) is 12.9. The van der Waals surface area contributed by atoms with Gasteiger partial charge in [-0.25, -0.2) is 0 Å². The van der Waals surface area contributed by atoms with Gasteiger partial charge in [0.25, 0.3) is 10.1 Å². The van der Waals surface area contributed by atoms with Crippen molar-refractivity contribution in [3.05, 3.63) is 36.5 Å². The smallest absolute Gasteiger partial charge is 0.306 e. The van der Waals surface area contributed by atoms with Crippen LogP contribution < -0.4 is 0 Å². The average Bonchev–Trinajstić information content (AvgIpc) is 3.31. The van der Waals surface area contributed by atoms with Crippen LogP contribution in [-0.4, -0.2) is 96.0 Å². The molecule has 1 aliphatic rings. The van der Waals surface area contributed by atoms with Crippen molar-refractivity contribution in [1.82, 2.24) is 0 Å². The molecule has 0 saturated carbocycles. The predicted molar refractivity (Wildman–Crippen MR) is 275 cm³/mol. The first kappa shape index (κ1) is 63.9. The zero-order chi connectivity index (χ0) is 49.8. The van der Waals surface area contributed by atoms with Crippen LogP contribution in [0.3, 0.4) is 0 Å². The highest BCUT2D eigenvalue weighted by atomic mass is 32.2. The zero-order valence-corrected chi connectivity index (χ0v) is 43.8. The van der Waals surface area contributed by atoms with Gasteiger partial charge in [0.1, 0.15) is 36.8 Å². The molecule has 0 radical (unpaired) electrons. The number of hydrogen-bond acceptors (Lipinski definition) is 11. The summed E-state index contributed by atoms with van der Waals surface area (Å²) in [5.74, 6) is -2.07. The summed E-state index contributed by atoms with van der Waals surface area (Å²) in [6.45, 7) is 3.74. The Morgan fingerprint density at radius 2 is 0.882 bits per heavy atom. The van der Waals surface area contributed by atoms with Gasteiger partial charge in [0.15, 0.2) is 12.4 Å². The van der Waals surface area contributed by atoms with Gasteiger partial charge in [-0.2, -0.15) is 8.42 Å². The lowest BCUT2D eigenvalue weighted by molar-refractivity contribution is -0.297. The maximum atomic E-state index is 12.9. The van der Waals surface area contributed by atoms with E-state index >= 15 is 0 Å². The number of aliphatic hydroxyl groups excluding tert-OH is 3. The van der Waals surface area contributed by atoms with Gasteiger partial charge in [0.05, 0.1) is 6.61 Å². The van der Waals surface area contributed by atoms with Crippen molar-refractivity contribution in [2.45, 2.75) is 282 Å². The minimum atomic E-state index is -4.61. The van der Waals surface area contributed by atoms with Gasteiger partial charge in [0, 0.05) is 12.8 Å². The van der Waals surface area contributed by atoms with Crippen LogP contribution in [0, 0.1) is 0 Å². The summed E-state index contributed by atoms with van der Waals surface area (Å²) < 4.78 is 54.2. The van der Waals surface area contributed by atoms with Gasteiger partial charge in [-0.3, -0.25) is 14.1 Å². The third-order valence-corrected chi connectivity index (χ3v) is 13.4. The molecule has 1 fully saturated rings. The van der Waals surface area contributed by atoms with E-state index < -0.39 is 71.2 Å². The molecule has 0 amide bonds. The van der Waals surface area contributed by atoms with Gasteiger partial charge < -0.3 is 34.3 Å². The normalized spacial score (nSPS) is 19.4. The molecule has 4 N–H and O–H groups in total. The molecule has 398 valence electrons. The van der Waals surface area contributed by atoms with Crippen LogP contribution in [0.15, 0.2) is 36.5 Å². The fraction of sp³-hybridized carbons (Fsp3) is 0.855. The molecule has 1 aliphatic heterocycles. The fourth-order valence-electron chi connectivity index (χ4n) is 8.43. The van der Waals surface area contributed by atoms with Crippen molar-refractivity contribution < 1.29 is 56.8 Å². The summed E-state index contributed by atoms with van der Waals surface area (Å²) in [5.41, 5.74) is 0. The maximum Gasteiger partial charge on any atom is 0.306 e. The van der Waals surface area contributed by atoms with Crippen LogP contribution in [0.5, 0.6) is 0 Å². The number of hydrogen-bond donors (Lipinski definition) is 4. The number of ether oxygens (including phenoxy) is 4. The number of carbonyl (C=O) groups is 2. The number of esters is 2. The maximum absolute atomic E-state index is 12.9. The van der Waals surface area contributed by atoms with E-state index in [-0.39, 0.29) is 19.4 Å². The molecule has 2 unspecified atom stereocenters. The van der Waals surface area contributed by atoms with E-state index in [1.165, 1.54) is 167 Å². The second kappa shape index (κ2) is 44.8. The van der Waals surface area contributed by atoms with E-state index in [1.54, 1.807) is 0 Å². The lowest BCUT2D eigenvalue weighted by Crippen LogP contribution is -2.60. The van der Waals surface area contributed by atoms with Gasteiger partial charge in [-0.05, 0) is 57.8 Å². The molecule has 1 saturated heterocycles. The second-order valence-electron chi connectivity index (χ2n) is 19.2. The van der Waals surface area contributed by atoms with Gasteiger partial charge >= 0.3 is 11.9 Å². The number of unbranched alkanes of at least 4 members (excludes halogenated alkanes) is 29. The molecule has 0 aliphatic carbocycles. The highest BCUT2D eigenvalue weighted by molar-refractivity contribution is 7.85. The van der Waals surface area contributed by atoms with Crippen LogP contribution in [0.1, 0.15) is 245 Å². The molecule has 68 heavy (non-hydrogen) atoms. The van der Waals surface area contributed by atoms with Gasteiger partial charge in [0.2, 0.25) is 0 Å². The van der Waals surface area contributed by atoms with Crippen LogP contribution >= 0.6 is 0 Å².